The molecule has 0 fully saturated rings. The van der Waals surface area contributed by atoms with Crippen molar-refractivity contribution in [2.24, 2.45) is 0 Å². The van der Waals surface area contributed by atoms with Gasteiger partial charge in [-0.2, -0.15) is 10.5 Å². The first kappa shape index (κ1) is 28.2. The van der Waals surface area contributed by atoms with Gasteiger partial charge in [0.2, 0.25) is 0 Å². The van der Waals surface area contributed by atoms with Gasteiger partial charge < -0.3 is 4.57 Å². The van der Waals surface area contributed by atoms with Crippen molar-refractivity contribution < 1.29 is 0 Å². The van der Waals surface area contributed by atoms with Crippen LogP contribution in [0.5, 0.6) is 0 Å². The molecular weight excluding hydrogens is 534 g/mol. The van der Waals surface area contributed by atoms with Gasteiger partial charge in [-0.3, -0.25) is 0 Å². The van der Waals surface area contributed by atoms with Crippen LogP contribution < -0.4 is 0 Å². The van der Waals surface area contributed by atoms with Crippen LogP contribution in [0.15, 0.2) is 133 Å². The van der Waals surface area contributed by atoms with Crippen molar-refractivity contribution in [2.75, 3.05) is 0 Å². The Kier molecular flexibility index (Phi) is 7.79. The van der Waals surface area contributed by atoms with Gasteiger partial charge in [-0.1, -0.05) is 78.9 Å². The van der Waals surface area contributed by atoms with Gasteiger partial charge in [0.05, 0.1) is 34.3 Å². The van der Waals surface area contributed by atoms with E-state index in [0.29, 0.717) is 5.56 Å². The maximum Gasteiger partial charge on any atom is 0.0992 e. The van der Waals surface area contributed by atoms with Crippen LogP contribution in [0.2, 0.25) is 0 Å². The van der Waals surface area contributed by atoms with Gasteiger partial charge in [-0.25, -0.2) is 0 Å². The molecule has 7 aromatic rings. The van der Waals surface area contributed by atoms with Gasteiger partial charge in [0, 0.05) is 16.5 Å². The predicted molar refractivity (Wildman–Crippen MR) is 182 cm³/mol. The van der Waals surface area contributed by atoms with Crippen LogP contribution in [0.4, 0.5) is 0 Å². The molecule has 1 aromatic heterocycles. The fourth-order valence-electron chi connectivity index (χ4n) is 5.83. The summed E-state index contributed by atoms with van der Waals surface area (Å²) in [5.41, 5.74) is 13.3. The van der Waals surface area contributed by atoms with E-state index in [9.17, 15) is 5.26 Å². The first-order chi connectivity index (χ1) is 21.5. The zero-order valence-electron chi connectivity index (χ0n) is 25.0. The molecule has 0 aliphatic heterocycles. The Hall–Kier alpha value is -5.90. The summed E-state index contributed by atoms with van der Waals surface area (Å²) in [6.07, 6.45) is 0. The summed E-state index contributed by atoms with van der Waals surface area (Å²) >= 11 is 0. The Labute approximate surface area is 258 Å². The molecule has 0 saturated heterocycles. The van der Waals surface area contributed by atoms with Crippen LogP contribution in [0.1, 0.15) is 27.8 Å². The molecule has 7 rings (SSSR count). The van der Waals surface area contributed by atoms with E-state index >= 15 is 0 Å². The number of benzene rings is 6. The Morgan fingerprint density at radius 1 is 0.477 bits per heavy atom. The monoisotopic (exact) mass is 565 g/mol. The molecule has 3 nitrogen and oxygen atoms in total. The Balaban J connectivity index is 0.000000329. The number of fused-ring (bicyclic) bond motifs is 3. The Morgan fingerprint density at radius 3 is 1.86 bits per heavy atom. The van der Waals surface area contributed by atoms with Crippen LogP contribution in [0.3, 0.4) is 0 Å². The molecule has 0 spiro atoms. The van der Waals surface area contributed by atoms with Gasteiger partial charge in [-0.05, 0) is 114 Å². The lowest BCUT2D eigenvalue weighted by molar-refractivity contribution is 1.18. The zero-order valence-corrected chi connectivity index (χ0v) is 25.0. The highest BCUT2D eigenvalue weighted by atomic mass is 15.0. The molecule has 0 saturated carbocycles. The molecule has 6 aromatic carbocycles. The topological polar surface area (TPSA) is 52.5 Å². The lowest BCUT2D eigenvalue weighted by atomic mass is 9.92. The third-order valence-corrected chi connectivity index (χ3v) is 8.06. The average Bonchev–Trinajstić information content (AvgIpc) is 3.39. The van der Waals surface area contributed by atoms with E-state index in [1.807, 2.05) is 43.3 Å². The van der Waals surface area contributed by atoms with E-state index in [1.165, 1.54) is 44.2 Å². The first-order valence-corrected chi connectivity index (χ1v) is 14.6. The van der Waals surface area contributed by atoms with E-state index in [4.69, 9.17) is 5.26 Å². The molecule has 0 radical (unpaired) electrons. The number of para-hydroxylation sites is 1. The molecule has 0 aliphatic carbocycles. The third kappa shape index (κ3) is 5.48. The first-order valence-electron chi connectivity index (χ1n) is 14.6. The largest absolute Gasteiger partial charge is 0.309 e. The molecule has 210 valence electrons. The van der Waals surface area contributed by atoms with Crippen LogP contribution in [0.25, 0.3) is 49.7 Å². The lowest BCUT2D eigenvalue weighted by Crippen LogP contribution is -1.94. The van der Waals surface area contributed by atoms with Crippen molar-refractivity contribution in [3.05, 3.63) is 161 Å². The SMILES string of the molecule is Cc1cccc(C#N)c1.Cc1ccccc1-c1cc(-c2ccc3c(c2)c2ccccc2n3-c2cccc(C#N)c2)ccc1C. The summed E-state index contributed by atoms with van der Waals surface area (Å²) in [6, 6.07) is 50.2. The van der Waals surface area contributed by atoms with E-state index < -0.39 is 0 Å². The zero-order chi connectivity index (χ0) is 30.6. The smallest absolute Gasteiger partial charge is 0.0992 e. The summed E-state index contributed by atoms with van der Waals surface area (Å²) in [4.78, 5) is 0. The molecule has 0 N–H and O–H groups in total. The highest BCUT2D eigenvalue weighted by Gasteiger charge is 2.14. The molecule has 44 heavy (non-hydrogen) atoms. The van der Waals surface area contributed by atoms with E-state index in [2.05, 4.69) is 122 Å². The standard InChI is InChI=1S/C33H24N2.C8H7N/c1-22-8-3-4-11-28(22)30-19-25(15-14-23(30)2)26-16-17-33-31(20-26)29-12-5-6-13-32(29)35(33)27-10-7-9-24(18-27)21-34;1-7-3-2-4-8(5-7)6-9/h3-20H,1-2H3;2-5H,1H3. The maximum atomic E-state index is 9.43. The van der Waals surface area contributed by atoms with Crippen LogP contribution in [-0.4, -0.2) is 4.57 Å². The lowest BCUT2D eigenvalue weighted by Gasteiger charge is -2.12. The second kappa shape index (κ2) is 12.1. The van der Waals surface area contributed by atoms with Crippen molar-refractivity contribution in [3.63, 3.8) is 0 Å². The molecule has 0 atom stereocenters. The minimum absolute atomic E-state index is 0.661. The fraction of sp³-hybridized carbons (Fsp3) is 0.0732. The number of hydrogen-bond acceptors (Lipinski definition) is 2. The quantitative estimate of drug-likeness (QED) is 0.214. The summed E-state index contributed by atoms with van der Waals surface area (Å²) < 4.78 is 2.25. The van der Waals surface area contributed by atoms with Crippen LogP contribution in [0, 0.1) is 43.4 Å². The Bertz CT molecular complexity index is 2240. The summed E-state index contributed by atoms with van der Waals surface area (Å²) in [5, 5.41) is 20.3. The highest BCUT2D eigenvalue weighted by molar-refractivity contribution is 6.10. The summed E-state index contributed by atoms with van der Waals surface area (Å²) in [5.74, 6) is 0. The van der Waals surface area contributed by atoms with E-state index in [-0.39, 0.29) is 0 Å². The van der Waals surface area contributed by atoms with E-state index in [0.717, 1.165) is 27.8 Å². The number of hydrogen-bond donors (Lipinski definition) is 0. The van der Waals surface area contributed by atoms with Crippen molar-refractivity contribution >= 4 is 21.8 Å². The fourth-order valence-corrected chi connectivity index (χ4v) is 5.83. The molecule has 0 bridgehead atoms. The molecule has 0 unspecified atom stereocenters. The molecule has 3 heteroatoms. The molecule has 1 heterocycles. The summed E-state index contributed by atoms with van der Waals surface area (Å²) in [6.45, 7) is 6.32. The number of rotatable bonds is 3. The van der Waals surface area contributed by atoms with Crippen molar-refractivity contribution in [1.29, 1.82) is 10.5 Å². The maximum absolute atomic E-state index is 9.43. The van der Waals surface area contributed by atoms with Gasteiger partial charge in [-0.15, -0.1) is 0 Å². The van der Waals surface area contributed by atoms with Gasteiger partial charge in [0.15, 0.2) is 0 Å². The number of nitrogens with zero attached hydrogens (tertiary/aromatic N) is 3. The van der Waals surface area contributed by atoms with Crippen LogP contribution >= 0.6 is 0 Å². The third-order valence-electron chi connectivity index (χ3n) is 8.06. The van der Waals surface area contributed by atoms with Gasteiger partial charge >= 0.3 is 0 Å². The predicted octanol–water partition coefficient (Wildman–Crippen LogP) is 10.5. The number of nitriles is 2. The van der Waals surface area contributed by atoms with Gasteiger partial charge in [0.1, 0.15) is 0 Å². The highest BCUT2D eigenvalue weighted by Crippen LogP contribution is 2.37. The van der Waals surface area contributed by atoms with Gasteiger partial charge in [0.25, 0.3) is 0 Å². The second-order valence-corrected chi connectivity index (χ2v) is 11.1. The summed E-state index contributed by atoms with van der Waals surface area (Å²) in [7, 11) is 0. The Morgan fingerprint density at radius 2 is 1.11 bits per heavy atom. The minimum Gasteiger partial charge on any atom is -0.309 e. The van der Waals surface area contributed by atoms with Crippen molar-refractivity contribution in [3.8, 4) is 40.1 Å². The molecule has 0 aliphatic rings. The molecule has 0 amide bonds. The molecular formula is C41H31N3. The second-order valence-electron chi connectivity index (χ2n) is 11.1. The van der Waals surface area contributed by atoms with Crippen molar-refractivity contribution in [1.82, 2.24) is 4.57 Å². The average molecular weight is 566 g/mol. The number of aryl methyl sites for hydroxylation is 3. The normalized spacial score (nSPS) is 10.6. The van der Waals surface area contributed by atoms with E-state index in [1.54, 1.807) is 6.07 Å². The number of aromatic nitrogens is 1. The van der Waals surface area contributed by atoms with Crippen LogP contribution in [-0.2, 0) is 0 Å². The minimum atomic E-state index is 0.661. The van der Waals surface area contributed by atoms with Crippen molar-refractivity contribution in [2.45, 2.75) is 20.8 Å².